The first-order valence-electron chi connectivity index (χ1n) is 10.8. The maximum absolute atomic E-state index is 12.4. The van der Waals surface area contributed by atoms with Gasteiger partial charge < -0.3 is 10.1 Å². The molecule has 8 nitrogen and oxygen atoms in total. The van der Waals surface area contributed by atoms with Crippen molar-refractivity contribution >= 4 is 40.7 Å². The lowest BCUT2D eigenvalue weighted by molar-refractivity contribution is -0.121. The molecular weight excluding hydrogens is 464 g/mol. The predicted molar refractivity (Wildman–Crippen MR) is 138 cm³/mol. The van der Waals surface area contributed by atoms with Gasteiger partial charge in [-0.1, -0.05) is 29.8 Å². The van der Waals surface area contributed by atoms with E-state index in [0.717, 1.165) is 16.7 Å². The number of anilines is 1. The van der Waals surface area contributed by atoms with E-state index in [1.165, 1.54) is 0 Å². The first kappa shape index (κ1) is 25.4. The van der Waals surface area contributed by atoms with E-state index in [4.69, 9.17) is 17.0 Å². The highest BCUT2D eigenvalue weighted by Crippen LogP contribution is 2.18. The van der Waals surface area contributed by atoms with E-state index < -0.39 is 11.8 Å². The van der Waals surface area contributed by atoms with Gasteiger partial charge >= 0.3 is 0 Å². The molecule has 0 radical (unpaired) electrons. The van der Waals surface area contributed by atoms with E-state index >= 15 is 0 Å². The average molecular weight is 491 g/mol. The summed E-state index contributed by atoms with van der Waals surface area (Å²) in [7, 11) is 0. The van der Waals surface area contributed by atoms with Crippen LogP contribution in [0.2, 0.25) is 0 Å². The van der Waals surface area contributed by atoms with Crippen LogP contribution < -0.4 is 26.2 Å². The Bertz CT molecular complexity index is 1260. The van der Waals surface area contributed by atoms with Crippen LogP contribution in [0, 0.1) is 20.8 Å². The van der Waals surface area contributed by atoms with Crippen LogP contribution in [0.5, 0.6) is 5.75 Å². The number of benzene rings is 3. The molecule has 0 aliphatic heterocycles. The minimum Gasteiger partial charge on any atom is -0.483 e. The van der Waals surface area contributed by atoms with Crippen LogP contribution in [-0.2, 0) is 4.79 Å². The van der Waals surface area contributed by atoms with Crippen molar-refractivity contribution in [3.63, 3.8) is 0 Å². The van der Waals surface area contributed by atoms with Gasteiger partial charge in [0, 0.05) is 16.8 Å². The number of aryl methyl sites for hydroxylation is 3. The van der Waals surface area contributed by atoms with Crippen molar-refractivity contribution in [1.29, 1.82) is 0 Å². The highest BCUT2D eigenvalue weighted by Gasteiger charge is 2.11. The molecule has 3 aromatic carbocycles. The Morgan fingerprint density at radius 2 is 1.51 bits per heavy atom. The van der Waals surface area contributed by atoms with E-state index in [-0.39, 0.29) is 17.6 Å². The topological polar surface area (TPSA) is 109 Å². The molecule has 0 aromatic heterocycles. The normalized spacial score (nSPS) is 10.1. The number of amides is 3. The zero-order chi connectivity index (χ0) is 25.4. The van der Waals surface area contributed by atoms with E-state index in [1.807, 2.05) is 51.1 Å². The molecule has 35 heavy (non-hydrogen) atoms. The molecule has 3 aromatic rings. The number of hydrogen-bond donors (Lipinski definition) is 4. The molecule has 0 unspecified atom stereocenters. The average Bonchev–Trinajstić information content (AvgIpc) is 2.83. The highest BCUT2D eigenvalue weighted by atomic mass is 32.1. The number of hydrazine groups is 1. The first-order valence-corrected chi connectivity index (χ1v) is 11.2. The van der Waals surface area contributed by atoms with E-state index in [1.54, 1.807) is 36.4 Å². The summed E-state index contributed by atoms with van der Waals surface area (Å²) < 4.78 is 5.53. The number of nitrogens with one attached hydrogen (secondary N) is 4. The molecule has 0 aliphatic carbocycles. The summed E-state index contributed by atoms with van der Waals surface area (Å²) in [6.45, 7) is 5.51. The third-order valence-corrected chi connectivity index (χ3v) is 5.13. The van der Waals surface area contributed by atoms with Crippen molar-refractivity contribution in [3.05, 3.63) is 94.5 Å². The van der Waals surface area contributed by atoms with Crippen LogP contribution in [-0.4, -0.2) is 29.4 Å². The lowest BCUT2D eigenvalue weighted by Gasteiger charge is -2.13. The lowest BCUT2D eigenvalue weighted by Crippen LogP contribution is -2.49. The molecule has 0 saturated carbocycles. The van der Waals surface area contributed by atoms with Crippen LogP contribution >= 0.6 is 12.2 Å². The smallest absolute Gasteiger partial charge is 0.269 e. The summed E-state index contributed by atoms with van der Waals surface area (Å²) >= 11 is 5.04. The van der Waals surface area contributed by atoms with Gasteiger partial charge in [0.1, 0.15) is 5.75 Å². The third-order valence-electron chi connectivity index (χ3n) is 4.93. The summed E-state index contributed by atoms with van der Waals surface area (Å²) in [4.78, 5) is 36.8. The SMILES string of the molecule is Cc1cccc(C(=O)Nc2ccc(C(=O)NNC(=S)NC(=O)COc3cc(C)ccc3C)cc2)c1. The minimum atomic E-state index is -0.468. The second kappa shape index (κ2) is 11.8. The largest absolute Gasteiger partial charge is 0.483 e. The molecule has 0 bridgehead atoms. The second-order valence-corrected chi connectivity index (χ2v) is 8.32. The fourth-order valence-corrected chi connectivity index (χ4v) is 3.25. The van der Waals surface area contributed by atoms with Crippen molar-refractivity contribution in [2.75, 3.05) is 11.9 Å². The van der Waals surface area contributed by atoms with Crippen LogP contribution in [0.3, 0.4) is 0 Å². The van der Waals surface area contributed by atoms with Gasteiger partial charge in [-0.15, -0.1) is 0 Å². The minimum absolute atomic E-state index is 0.0741. The van der Waals surface area contributed by atoms with Gasteiger partial charge in [0.05, 0.1) is 0 Å². The van der Waals surface area contributed by atoms with Crippen LogP contribution in [0.4, 0.5) is 5.69 Å². The Morgan fingerprint density at radius 3 is 2.23 bits per heavy atom. The van der Waals surface area contributed by atoms with Crippen molar-refractivity contribution in [2.45, 2.75) is 20.8 Å². The van der Waals surface area contributed by atoms with Crippen LogP contribution in [0.25, 0.3) is 0 Å². The molecule has 0 atom stereocenters. The van der Waals surface area contributed by atoms with Crippen molar-refractivity contribution in [3.8, 4) is 5.75 Å². The molecule has 0 spiro atoms. The van der Waals surface area contributed by atoms with Gasteiger partial charge in [-0.05, 0) is 86.6 Å². The Kier molecular flexibility index (Phi) is 8.53. The van der Waals surface area contributed by atoms with Crippen molar-refractivity contribution < 1.29 is 19.1 Å². The van der Waals surface area contributed by atoms with Crippen LogP contribution in [0.1, 0.15) is 37.4 Å². The number of rotatable bonds is 6. The number of thiocarbonyl (C=S) groups is 1. The Morgan fingerprint density at radius 1 is 0.800 bits per heavy atom. The fourth-order valence-electron chi connectivity index (χ4n) is 3.08. The maximum atomic E-state index is 12.4. The zero-order valence-electron chi connectivity index (χ0n) is 19.6. The molecule has 0 aliphatic rings. The molecule has 180 valence electrons. The van der Waals surface area contributed by atoms with Gasteiger partial charge in [-0.2, -0.15) is 0 Å². The molecule has 0 heterocycles. The zero-order valence-corrected chi connectivity index (χ0v) is 20.4. The fraction of sp³-hybridized carbons (Fsp3) is 0.154. The predicted octanol–water partition coefficient (Wildman–Crippen LogP) is 3.58. The standard InChI is InChI=1S/C26H26N4O4S/c1-16-5-4-6-20(13-16)24(32)27-21-11-9-19(10-12-21)25(33)29-30-26(35)28-23(31)15-34-22-14-17(2)7-8-18(22)3/h4-14H,15H2,1-3H3,(H,27,32)(H,29,33)(H2,28,30,31,35). The third kappa shape index (κ3) is 7.65. The van der Waals surface area contributed by atoms with Crippen molar-refractivity contribution in [1.82, 2.24) is 16.2 Å². The van der Waals surface area contributed by atoms with E-state index in [9.17, 15) is 14.4 Å². The number of carbonyl (C=O) groups excluding carboxylic acids is 3. The quantitative estimate of drug-likeness (QED) is 0.311. The van der Waals surface area contributed by atoms with E-state index in [0.29, 0.717) is 22.6 Å². The monoisotopic (exact) mass is 490 g/mol. The Labute approximate surface area is 209 Å². The van der Waals surface area contributed by atoms with Gasteiger partial charge in [0.2, 0.25) is 0 Å². The summed E-state index contributed by atoms with van der Waals surface area (Å²) in [6, 6.07) is 19.3. The van der Waals surface area contributed by atoms with Gasteiger partial charge in [-0.25, -0.2) is 0 Å². The number of carbonyl (C=O) groups is 3. The molecule has 3 amide bonds. The molecule has 3 rings (SSSR count). The van der Waals surface area contributed by atoms with Gasteiger partial charge in [-0.3, -0.25) is 30.6 Å². The summed E-state index contributed by atoms with van der Waals surface area (Å²) in [5.41, 5.74) is 9.24. The van der Waals surface area contributed by atoms with Crippen LogP contribution in [0.15, 0.2) is 66.7 Å². The number of hydrogen-bond acceptors (Lipinski definition) is 5. The van der Waals surface area contributed by atoms with Gasteiger partial charge in [0.25, 0.3) is 17.7 Å². The molecule has 9 heteroatoms. The molecule has 0 fully saturated rings. The Balaban J connectivity index is 1.43. The lowest BCUT2D eigenvalue weighted by atomic mass is 10.1. The molecule has 4 N–H and O–H groups in total. The summed E-state index contributed by atoms with van der Waals surface area (Å²) in [6.07, 6.45) is 0. The summed E-state index contributed by atoms with van der Waals surface area (Å²) in [5.74, 6) is -0.558. The molecular formula is C26H26N4O4S. The van der Waals surface area contributed by atoms with Gasteiger partial charge in [0.15, 0.2) is 11.7 Å². The van der Waals surface area contributed by atoms with E-state index in [2.05, 4.69) is 21.5 Å². The second-order valence-electron chi connectivity index (χ2n) is 7.92. The Hall–Kier alpha value is -4.24. The first-order chi connectivity index (χ1) is 16.7. The highest BCUT2D eigenvalue weighted by molar-refractivity contribution is 7.80. The molecule has 0 saturated heterocycles. The van der Waals surface area contributed by atoms with Crippen molar-refractivity contribution in [2.24, 2.45) is 0 Å². The maximum Gasteiger partial charge on any atom is 0.269 e. The number of ether oxygens (including phenoxy) is 1. The summed E-state index contributed by atoms with van der Waals surface area (Å²) in [5, 5.41) is 5.15.